The van der Waals surface area contributed by atoms with E-state index in [1.54, 1.807) is 12.1 Å². The summed E-state index contributed by atoms with van der Waals surface area (Å²) in [5, 5.41) is 0.571. The molecular weight excluding hydrogens is 267 g/mol. The van der Waals surface area contributed by atoms with Gasteiger partial charge in [-0.25, -0.2) is 4.98 Å². The molecule has 0 fully saturated rings. The fraction of sp³-hybridized carbons (Fsp3) is 0.111. The van der Waals surface area contributed by atoms with Crippen molar-refractivity contribution in [1.29, 1.82) is 0 Å². The van der Waals surface area contributed by atoms with Gasteiger partial charge in [0.2, 0.25) is 0 Å². The number of H-pyrrole nitrogens is 1. The second-order valence-corrected chi connectivity index (χ2v) is 3.90. The molecule has 0 atom stereocenters. The number of nitrogens with zero attached hydrogens (tertiary/aromatic N) is 1. The van der Waals surface area contributed by atoms with Crippen LogP contribution in [0.4, 0.5) is 0 Å². The van der Waals surface area contributed by atoms with Gasteiger partial charge in [0.05, 0.1) is 11.3 Å². The number of nitrogens with one attached hydrogen (secondary N) is 1. The van der Waals surface area contributed by atoms with Gasteiger partial charge in [-0.05, 0) is 28.1 Å². The molecule has 1 N–H and O–H groups in total. The molecule has 0 saturated carbocycles. The lowest BCUT2D eigenvalue weighted by Gasteiger charge is -2.00. The minimum absolute atomic E-state index is 0.0607. The van der Waals surface area contributed by atoms with Crippen LogP contribution in [0, 0.1) is 0 Å². The number of rotatable bonds is 1. The van der Waals surface area contributed by atoms with Crippen LogP contribution in [-0.2, 0) is 5.88 Å². The third-order valence-corrected chi connectivity index (χ3v) is 2.58. The normalized spacial score (nSPS) is 10.7. The molecule has 0 aromatic carbocycles. The molecule has 2 aromatic heterocycles. The Morgan fingerprint density at radius 2 is 2.29 bits per heavy atom. The monoisotopic (exact) mass is 272 g/mol. The lowest BCUT2D eigenvalue weighted by molar-refractivity contribution is 1.16. The van der Waals surface area contributed by atoms with E-state index >= 15 is 0 Å². The minimum atomic E-state index is -0.0607. The molecule has 2 rings (SSSR count). The van der Waals surface area contributed by atoms with E-state index < -0.39 is 0 Å². The third-order valence-electron chi connectivity index (χ3n) is 1.85. The van der Waals surface area contributed by atoms with Crippen LogP contribution in [0.3, 0.4) is 0 Å². The van der Waals surface area contributed by atoms with Gasteiger partial charge in [0.1, 0.15) is 10.3 Å². The first-order chi connectivity index (χ1) is 6.70. The Hall–Kier alpha value is -0.870. The van der Waals surface area contributed by atoms with Crippen molar-refractivity contribution in [3.8, 4) is 0 Å². The van der Waals surface area contributed by atoms with Crippen molar-refractivity contribution < 1.29 is 0 Å². The lowest BCUT2D eigenvalue weighted by atomic mass is 10.2. The second kappa shape index (κ2) is 3.71. The third kappa shape index (κ3) is 1.67. The van der Waals surface area contributed by atoms with Gasteiger partial charge in [0.15, 0.2) is 5.43 Å². The number of halogens is 2. The Morgan fingerprint density at radius 1 is 1.50 bits per heavy atom. The van der Waals surface area contributed by atoms with Crippen LogP contribution >= 0.6 is 27.5 Å². The number of aromatic nitrogens is 2. The molecule has 0 spiro atoms. The molecule has 2 heterocycles. The number of pyridine rings is 2. The van der Waals surface area contributed by atoms with Gasteiger partial charge < -0.3 is 4.98 Å². The molecule has 72 valence electrons. The highest BCUT2D eigenvalue weighted by Crippen LogP contribution is 2.11. The lowest BCUT2D eigenvalue weighted by Crippen LogP contribution is -2.05. The van der Waals surface area contributed by atoms with Gasteiger partial charge in [0.25, 0.3) is 0 Å². The molecular formula is C9H6BrClN2O. The number of hydrogen-bond acceptors (Lipinski definition) is 2. The quantitative estimate of drug-likeness (QED) is 0.641. The maximum absolute atomic E-state index is 11.5. The number of aromatic amines is 1. The molecule has 14 heavy (non-hydrogen) atoms. The van der Waals surface area contributed by atoms with Crippen molar-refractivity contribution in [3.63, 3.8) is 0 Å². The molecule has 0 unspecified atom stereocenters. The van der Waals surface area contributed by atoms with Crippen LogP contribution in [0.1, 0.15) is 5.69 Å². The maximum atomic E-state index is 11.5. The van der Waals surface area contributed by atoms with E-state index in [9.17, 15) is 4.79 Å². The Kier molecular flexibility index (Phi) is 2.56. The molecule has 3 nitrogen and oxygen atoms in total. The average molecular weight is 274 g/mol. The van der Waals surface area contributed by atoms with Gasteiger partial charge in [-0.15, -0.1) is 11.6 Å². The van der Waals surface area contributed by atoms with Crippen molar-refractivity contribution in [1.82, 2.24) is 9.97 Å². The zero-order valence-corrected chi connectivity index (χ0v) is 9.39. The van der Waals surface area contributed by atoms with Crippen molar-refractivity contribution >= 4 is 38.6 Å². The molecule has 0 saturated heterocycles. The first-order valence-electron chi connectivity index (χ1n) is 3.95. The van der Waals surface area contributed by atoms with E-state index in [1.807, 2.05) is 0 Å². The molecule has 0 aliphatic rings. The highest BCUT2D eigenvalue weighted by molar-refractivity contribution is 9.10. The fourth-order valence-electron chi connectivity index (χ4n) is 1.23. The Labute approximate surface area is 93.2 Å². The molecule has 0 aliphatic carbocycles. The van der Waals surface area contributed by atoms with Crippen LogP contribution in [0.25, 0.3) is 11.0 Å². The van der Waals surface area contributed by atoms with Crippen molar-refractivity contribution in [2.24, 2.45) is 0 Å². The predicted molar refractivity (Wildman–Crippen MR) is 59.6 cm³/mol. The van der Waals surface area contributed by atoms with E-state index in [0.717, 1.165) is 0 Å². The summed E-state index contributed by atoms with van der Waals surface area (Å²) in [5.41, 5.74) is 1.17. The largest absolute Gasteiger partial charge is 0.342 e. The maximum Gasteiger partial charge on any atom is 0.191 e. The molecule has 0 aliphatic heterocycles. The first-order valence-corrected chi connectivity index (χ1v) is 5.28. The highest BCUT2D eigenvalue weighted by Gasteiger charge is 2.02. The number of fused-ring (bicyclic) bond motifs is 1. The van der Waals surface area contributed by atoms with Crippen LogP contribution in [-0.4, -0.2) is 9.97 Å². The standard InChI is InChI=1S/C9H6BrClN2O/c10-8-2-1-6-7(14)3-5(4-11)12-9(6)13-8/h1-3H,4H2,(H,12,13,14). The summed E-state index contributed by atoms with van der Waals surface area (Å²) in [6.07, 6.45) is 0. The van der Waals surface area contributed by atoms with E-state index in [-0.39, 0.29) is 11.3 Å². The van der Waals surface area contributed by atoms with Gasteiger partial charge in [-0.1, -0.05) is 0 Å². The van der Waals surface area contributed by atoms with Crippen molar-refractivity contribution in [2.75, 3.05) is 0 Å². The summed E-state index contributed by atoms with van der Waals surface area (Å²) in [4.78, 5) is 18.7. The summed E-state index contributed by atoms with van der Waals surface area (Å²) in [7, 11) is 0. The highest BCUT2D eigenvalue weighted by atomic mass is 79.9. The number of hydrogen-bond donors (Lipinski definition) is 1. The molecule has 0 radical (unpaired) electrons. The minimum Gasteiger partial charge on any atom is -0.342 e. The summed E-state index contributed by atoms with van der Waals surface area (Å²) < 4.78 is 0.687. The van der Waals surface area contributed by atoms with Crippen molar-refractivity contribution in [3.05, 3.63) is 38.7 Å². The van der Waals surface area contributed by atoms with Crippen LogP contribution in [0.5, 0.6) is 0 Å². The van der Waals surface area contributed by atoms with Crippen molar-refractivity contribution in [2.45, 2.75) is 5.88 Å². The zero-order valence-electron chi connectivity index (χ0n) is 7.05. The molecule has 0 amide bonds. The van der Waals surface area contributed by atoms with E-state index in [0.29, 0.717) is 21.3 Å². The van der Waals surface area contributed by atoms with Crippen LogP contribution < -0.4 is 5.43 Å². The van der Waals surface area contributed by atoms with E-state index in [2.05, 4.69) is 25.9 Å². The summed E-state index contributed by atoms with van der Waals surface area (Å²) >= 11 is 8.87. The Balaban J connectivity index is 2.84. The van der Waals surface area contributed by atoms with Gasteiger partial charge >= 0.3 is 0 Å². The van der Waals surface area contributed by atoms with Gasteiger partial charge in [-0.3, -0.25) is 4.79 Å². The molecule has 2 aromatic rings. The molecule has 0 bridgehead atoms. The Bertz CT molecular complexity index is 538. The van der Waals surface area contributed by atoms with Crippen LogP contribution in [0.15, 0.2) is 27.6 Å². The van der Waals surface area contributed by atoms with Gasteiger partial charge in [0, 0.05) is 11.8 Å². The molecule has 5 heteroatoms. The SMILES string of the molecule is O=c1cc(CCl)[nH]c2nc(Br)ccc12. The topological polar surface area (TPSA) is 45.8 Å². The fourth-order valence-corrected chi connectivity index (χ4v) is 1.68. The van der Waals surface area contributed by atoms with E-state index in [1.165, 1.54) is 6.07 Å². The average Bonchev–Trinajstić information content (AvgIpc) is 2.16. The second-order valence-electron chi connectivity index (χ2n) is 2.82. The summed E-state index contributed by atoms with van der Waals surface area (Å²) in [6, 6.07) is 4.95. The Morgan fingerprint density at radius 3 is 3.00 bits per heavy atom. The van der Waals surface area contributed by atoms with Gasteiger partial charge in [-0.2, -0.15) is 0 Å². The predicted octanol–water partition coefficient (Wildman–Crippen LogP) is 2.42. The smallest absolute Gasteiger partial charge is 0.191 e. The number of alkyl halides is 1. The van der Waals surface area contributed by atoms with E-state index in [4.69, 9.17) is 11.6 Å². The first kappa shape index (κ1) is 9.68. The summed E-state index contributed by atoms with van der Waals surface area (Å²) in [5.74, 6) is 0.277. The summed E-state index contributed by atoms with van der Waals surface area (Å²) in [6.45, 7) is 0. The zero-order chi connectivity index (χ0) is 10.1. The van der Waals surface area contributed by atoms with Crippen LogP contribution in [0.2, 0.25) is 0 Å².